The average molecular weight is 390 g/mol. The summed E-state index contributed by atoms with van der Waals surface area (Å²) in [5.74, 6) is -0.339. The molecular weight excluding hydrogens is 368 g/mol. The number of benzene rings is 1. The predicted molar refractivity (Wildman–Crippen MR) is 99.4 cm³/mol. The fourth-order valence-corrected chi connectivity index (χ4v) is 3.60. The van der Waals surface area contributed by atoms with Crippen molar-refractivity contribution in [1.29, 1.82) is 0 Å². The molecule has 0 aliphatic heterocycles. The van der Waals surface area contributed by atoms with Crippen molar-refractivity contribution in [1.82, 2.24) is 15.1 Å². The van der Waals surface area contributed by atoms with Gasteiger partial charge in [-0.25, -0.2) is 18.2 Å². The van der Waals surface area contributed by atoms with Crippen molar-refractivity contribution in [2.75, 3.05) is 0 Å². The summed E-state index contributed by atoms with van der Waals surface area (Å²) in [5, 5.41) is 12.1. The van der Waals surface area contributed by atoms with Gasteiger partial charge in [0.05, 0.1) is 10.6 Å². The van der Waals surface area contributed by atoms with Crippen molar-refractivity contribution >= 4 is 15.9 Å². The van der Waals surface area contributed by atoms with Gasteiger partial charge < -0.3 is 5.32 Å². The number of amides is 1. The Morgan fingerprint density at radius 1 is 1.15 bits per heavy atom. The molecule has 0 radical (unpaired) electrons. The van der Waals surface area contributed by atoms with Crippen molar-refractivity contribution in [3.63, 3.8) is 0 Å². The molecule has 2 aromatic rings. The molecular formula is C18H22N4O4S. The zero-order chi connectivity index (χ0) is 19.4. The lowest BCUT2D eigenvalue weighted by Gasteiger charge is -2.10. The van der Waals surface area contributed by atoms with Gasteiger partial charge in [-0.1, -0.05) is 18.6 Å². The maximum absolute atomic E-state index is 12.2. The third-order valence-corrected chi connectivity index (χ3v) is 5.49. The number of carbonyl (C=O) groups is 1. The molecule has 0 fully saturated rings. The molecule has 0 unspecified atom stereocenters. The smallest absolute Gasteiger partial charge is 0.267 e. The fourth-order valence-electron chi connectivity index (χ4n) is 3.08. The fraction of sp³-hybridized carbons (Fsp3) is 0.389. The van der Waals surface area contributed by atoms with Gasteiger partial charge in [-0.3, -0.25) is 9.59 Å². The lowest BCUT2D eigenvalue weighted by atomic mass is 10.1. The Labute approximate surface area is 157 Å². The molecule has 3 rings (SSSR count). The highest BCUT2D eigenvalue weighted by atomic mass is 32.2. The molecule has 144 valence electrons. The molecule has 0 atom stereocenters. The largest absolute Gasteiger partial charge is 0.350 e. The van der Waals surface area contributed by atoms with Gasteiger partial charge in [0.15, 0.2) is 0 Å². The molecule has 27 heavy (non-hydrogen) atoms. The third kappa shape index (κ3) is 5.01. The summed E-state index contributed by atoms with van der Waals surface area (Å²) >= 11 is 0. The SMILES string of the molecule is NS(=O)(=O)c1ccc(CNC(=O)Cn2nc3c(cc2=O)CCCCC3)cc1. The Morgan fingerprint density at radius 3 is 2.56 bits per heavy atom. The summed E-state index contributed by atoms with van der Waals surface area (Å²) in [7, 11) is -3.74. The van der Waals surface area contributed by atoms with Crippen LogP contribution >= 0.6 is 0 Å². The number of nitrogens with one attached hydrogen (secondary N) is 1. The summed E-state index contributed by atoms with van der Waals surface area (Å²) in [4.78, 5) is 24.4. The molecule has 1 amide bonds. The van der Waals surface area contributed by atoms with Crippen LogP contribution in [0.15, 0.2) is 40.0 Å². The lowest BCUT2D eigenvalue weighted by molar-refractivity contribution is -0.122. The van der Waals surface area contributed by atoms with E-state index < -0.39 is 10.0 Å². The monoisotopic (exact) mass is 390 g/mol. The van der Waals surface area contributed by atoms with Gasteiger partial charge in [-0.05, 0) is 48.9 Å². The summed E-state index contributed by atoms with van der Waals surface area (Å²) < 4.78 is 23.7. The summed E-state index contributed by atoms with van der Waals surface area (Å²) in [5.41, 5.74) is 2.34. The molecule has 9 heteroatoms. The van der Waals surface area contributed by atoms with Crippen LogP contribution in [0.25, 0.3) is 0 Å². The molecule has 0 bridgehead atoms. The zero-order valence-corrected chi connectivity index (χ0v) is 15.7. The van der Waals surface area contributed by atoms with E-state index in [1.165, 1.54) is 16.8 Å². The first kappa shape index (κ1) is 19.2. The Bertz CT molecular complexity index is 997. The summed E-state index contributed by atoms with van der Waals surface area (Å²) in [6, 6.07) is 7.51. The van der Waals surface area contributed by atoms with Crippen LogP contribution in [0.3, 0.4) is 0 Å². The van der Waals surface area contributed by atoms with E-state index in [1.54, 1.807) is 18.2 Å². The first-order valence-corrected chi connectivity index (χ1v) is 10.4. The van der Waals surface area contributed by atoms with E-state index in [0.717, 1.165) is 48.9 Å². The second-order valence-electron chi connectivity index (χ2n) is 6.64. The maximum Gasteiger partial charge on any atom is 0.267 e. The number of fused-ring (bicyclic) bond motifs is 1. The Morgan fingerprint density at radius 2 is 1.85 bits per heavy atom. The molecule has 3 N–H and O–H groups in total. The molecule has 1 aliphatic rings. The molecule has 1 aromatic heterocycles. The van der Waals surface area contributed by atoms with Gasteiger partial charge in [-0.15, -0.1) is 0 Å². The Kier molecular flexibility index (Phi) is 5.71. The van der Waals surface area contributed by atoms with Crippen LogP contribution < -0.4 is 16.0 Å². The number of sulfonamides is 1. The van der Waals surface area contributed by atoms with E-state index in [1.807, 2.05) is 0 Å². The Hall–Kier alpha value is -2.52. The first-order valence-electron chi connectivity index (χ1n) is 8.81. The maximum atomic E-state index is 12.2. The van der Waals surface area contributed by atoms with Crippen molar-refractivity contribution in [2.45, 2.75) is 50.1 Å². The molecule has 1 heterocycles. The van der Waals surface area contributed by atoms with E-state index in [-0.39, 0.29) is 29.5 Å². The number of primary sulfonamides is 1. The highest BCUT2D eigenvalue weighted by Gasteiger charge is 2.14. The van der Waals surface area contributed by atoms with Crippen LogP contribution in [0.1, 0.15) is 36.1 Å². The minimum absolute atomic E-state index is 0.0123. The predicted octanol–water partition coefficient (Wildman–Crippen LogP) is 0.476. The van der Waals surface area contributed by atoms with Crippen LogP contribution in [0.2, 0.25) is 0 Å². The van der Waals surface area contributed by atoms with Crippen LogP contribution in [-0.2, 0) is 40.7 Å². The number of nitrogens with two attached hydrogens (primary N) is 1. The standard InChI is InChI=1S/C18H22N4O4S/c19-27(25,26)15-8-6-13(7-9-15)11-20-17(23)12-22-18(24)10-14-4-2-1-3-5-16(14)21-22/h6-10H,1-5,11-12H2,(H,20,23)(H2,19,25,26). The molecule has 0 spiro atoms. The van der Waals surface area contributed by atoms with Crippen LogP contribution in [0.5, 0.6) is 0 Å². The summed E-state index contributed by atoms with van der Waals surface area (Å²) in [6.45, 7) is 0.0603. The number of hydrogen-bond acceptors (Lipinski definition) is 5. The first-order chi connectivity index (χ1) is 12.8. The van der Waals surface area contributed by atoms with Crippen LogP contribution in [0.4, 0.5) is 0 Å². The number of carbonyl (C=O) groups excluding carboxylic acids is 1. The van der Waals surface area contributed by atoms with E-state index in [4.69, 9.17) is 5.14 Å². The third-order valence-electron chi connectivity index (χ3n) is 4.56. The number of hydrogen-bond donors (Lipinski definition) is 2. The van der Waals surface area contributed by atoms with Crippen molar-refractivity contribution in [2.24, 2.45) is 5.14 Å². The second kappa shape index (κ2) is 8.01. The molecule has 8 nitrogen and oxygen atoms in total. The normalized spacial score (nSPS) is 14.3. The number of aryl methyl sites for hydroxylation is 2. The topological polar surface area (TPSA) is 124 Å². The van der Waals surface area contributed by atoms with E-state index in [0.29, 0.717) is 0 Å². The summed E-state index contributed by atoms with van der Waals surface area (Å²) in [6.07, 6.45) is 4.91. The van der Waals surface area contributed by atoms with Crippen LogP contribution in [0, 0.1) is 0 Å². The number of rotatable bonds is 5. The van der Waals surface area contributed by atoms with Crippen LogP contribution in [-0.4, -0.2) is 24.1 Å². The van der Waals surface area contributed by atoms with Crippen molar-refractivity contribution in [3.8, 4) is 0 Å². The van der Waals surface area contributed by atoms with Crippen molar-refractivity contribution in [3.05, 3.63) is 57.5 Å². The lowest BCUT2D eigenvalue weighted by Crippen LogP contribution is -2.34. The Balaban J connectivity index is 1.63. The van der Waals surface area contributed by atoms with Gasteiger partial charge in [-0.2, -0.15) is 5.10 Å². The second-order valence-corrected chi connectivity index (χ2v) is 8.20. The quantitative estimate of drug-likeness (QED) is 0.719. The van der Waals surface area contributed by atoms with E-state index >= 15 is 0 Å². The minimum Gasteiger partial charge on any atom is -0.350 e. The molecule has 0 saturated carbocycles. The van der Waals surface area contributed by atoms with Gasteiger partial charge in [0.1, 0.15) is 6.54 Å². The number of aromatic nitrogens is 2. The number of nitrogens with zero attached hydrogens (tertiary/aromatic N) is 2. The van der Waals surface area contributed by atoms with Gasteiger partial charge in [0.2, 0.25) is 15.9 Å². The molecule has 1 aromatic carbocycles. The van der Waals surface area contributed by atoms with Gasteiger partial charge >= 0.3 is 0 Å². The zero-order valence-electron chi connectivity index (χ0n) is 14.8. The van der Waals surface area contributed by atoms with E-state index in [2.05, 4.69) is 10.4 Å². The highest BCUT2D eigenvalue weighted by Crippen LogP contribution is 2.16. The molecule has 1 aliphatic carbocycles. The van der Waals surface area contributed by atoms with E-state index in [9.17, 15) is 18.0 Å². The van der Waals surface area contributed by atoms with Gasteiger partial charge in [0, 0.05) is 12.6 Å². The average Bonchev–Trinajstić information content (AvgIpc) is 2.85. The minimum atomic E-state index is -3.74. The van der Waals surface area contributed by atoms with Crippen molar-refractivity contribution < 1.29 is 13.2 Å². The van der Waals surface area contributed by atoms with Gasteiger partial charge in [0.25, 0.3) is 5.56 Å². The molecule has 0 saturated heterocycles. The highest BCUT2D eigenvalue weighted by molar-refractivity contribution is 7.89.